The van der Waals surface area contributed by atoms with Crippen molar-refractivity contribution in [2.45, 2.75) is 39.2 Å². The second kappa shape index (κ2) is 11.6. The van der Waals surface area contributed by atoms with Gasteiger partial charge in [0.2, 0.25) is 5.91 Å². The summed E-state index contributed by atoms with van der Waals surface area (Å²) < 4.78 is 15.2. The molecule has 2 aromatic rings. The maximum Gasteiger partial charge on any atom is 0.328 e. The summed E-state index contributed by atoms with van der Waals surface area (Å²) in [6, 6.07) is 13.5. The Labute approximate surface area is 176 Å². The van der Waals surface area contributed by atoms with Gasteiger partial charge >= 0.3 is 11.9 Å². The first-order valence-electron chi connectivity index (χ1n) is 9.77. The molecule has 0 spiro atoms. The van der Waals surface area contributed by atoms with Crippen molar-refractivity contribution in [1.29, 1.82) is 0 Å². The zero-order valence-corrected chi connectivity index (χ0v) is 17.5. The highest BCUT2D eigenvalue weighted by molar-refractivity contribution is 5.84. The molecule has 0 radical (unpaired) electrons. The van der Waals surface area contributed by atoms with Gasteiger partial charge in [0, 0.05) is 19.8 Å². The topological polar surface area (TPSA) is 90.9 Å². The summed E-state index contributed by atoms with van der Waals surface area (Å²) in [7, 11) is 1.60. The fraction of sp³-hybridized carbons (Fsp3) is 0.348. The number of benzene rings is 2. The van der Waals surface area contributed by atoms with Gasteiger partial charge in [0.15, 0.2) is 0 Å². The lowest BCUT2D eigenvalue weighted by Crippen LogP contribution is -2.43. The number of carbonyl (C=O) groups is 3. The van der Waals surface area contributed by atoms with Gasteiger partial charge in [-0.1, -0.05) is 24.3 Å². The summed E-state index contributed by atoms with van der Waals surface area (Å²) >= 11 is 0. The molecule has 2 rings (SSSR count). The van der Waals surface area contributed by atoms with Crippen LogP contribution in [0.25, 0.3) is 0 Å². The van der Waals surface area contributed by atoms with E-state index >= 15 is 0 Å². The van der Waals surface area contributed by atoms with Crippen LogP contribution in [-0.4, -0.2) is 37.6 Å². The van der Waals surface area contributed by atoms with E-state index in [9.17, 15) is 14.4 Å². The first kappa shape index (κ1) is 22.9. The van der Waals surface area contributed by atoms with Gasteiger partial charge < -0.3 is 19.5 Å². The SMILES string of the molecule is CCOC(=O)C(Cc1ccc(OC(C)=O)cc1)NC(=O)CCc1ccc(OC)cc1. The highest BCUT2D eigenvalue weighted by Gasteiger charge is 2.22. The molecule has 0 aliphatic rings. The van der Waals surface area contributed by atoms with Gasteiger partial charge in [-0.25, -0.2) is 4.79 Å². The summed E-state index contributed by atoms with van der Waals surface area (Å²) in [5, 5.41) is 2.77. The molecule has 7 nitrogen and oxygen atoms in total. The Balaban J connectivity index is 1.96. The molecule has 0 heterocycles. The lowest BCUT2D eigenvalue weighted by Gasteiger charge is -2.18. The molecule has 1 amide bonds. The van der Waals surface area contributed by atoms with E-state index in [4.69, 9.17) is 14.2 Å². The van der Waals surface area contributed by atoms with Crippen LogP contribution in [0.1, 0.15) is 31.4 Å². The highest BCUT2D eigenvalue weighted by atomic mass is 16.5. The van der Waals surface area contributed by atoms with Crippen molar-refractivity contribution in [2.75, 3.05) is 13.7 Å². The largest absolute Gasteiger partial charge is 0.497 e. The van der Waals surface area contributed by atoms with Gasteiger partial charge in [-0.05, 0) is 48.7 Å². The lowest BCUT2D eigenvalue weighted by atomic mass is 10.0. The summed E-state index contributed by atoms with van der Waals surface area (Å²) in [5.74, 6) is 0.0452. The van der Waals surface area contributed by atoms with Crippen LogP contribution in [0, 0.1) is 0 Å². The lowest BCUT2D eigenvalue weighted by molar-refractivity contribution is -0.147. The normalized spacial score (nSPS) is 11.3. The van der Waals surface area contributed by atoms with Gasteiger partial charge in [-0.2, -0.15) is 0 Å². The van der Waals surface area contributed by atoms with E-state index in [1.807, 2.05) is 24.3 Å². The minimum atomic E-state index is -0.798. The first-order valence-corrected chi connectivity index (χ1v) is 9.77. The number of aryl methyl sites for hydroxylation is 1. The third-order valence-corrected chi connectivity index (χ3v) is 4.33. The van der Waals surface area contributed by atoms with Crippen molar-refractivity contribution in [3.05, 3.63) is 59.7 Å². The van der Waals surface area contributed by atoms with Crippen LogP contribution in [0.3, 0.4) is 0 Å². The Hall–Kier alpha value is -3.35. The number of methoxy groups -OCH3 is 1. The Morgan fingerprint density at radius 1 is 0.933 bits per heavy atom. The average molecular weight is 413 g/mol. The van der Waals surface area contributed by atoms with Crippen LogP contribution in [0.4, 0.5) is 0 Å². The minimum absolute atomic E-state index is 0.225. The average Bonchev–Trinajstić information content (AvgIpc) is 2.73. The van der Waals surface area contributed by atoms with E-state index in [1.54, 1.807) is 38.3 Å². The third kappa shape index (κ3) is 7.58. The van der Waals surface area contributed by atoms with Crippen LogP contribution in [0.15, 0.2) is 48.5 Å². The van der Waals surface area contributed by atoms with Crippen LogP contribution >= 0.6 is 0 Å². The van der Waals surface area contributed by atoms with Crippen molar-refractivity contribution in [3.8, 4) is 11.5 Å². The van der Waals surface area contributed by atoms with E-state index in [-0.39, 0.29) is 25.4 Å². The molecule has 1 atom stereocenters. The smallest absolute Gasteiger partial charge is 0.328 e. The zero-order chi connectivity index (χ0) is 21.9. The third-order valence-electron chi connectivity index (χ3n) is 4.33. The summed E-state index contributed by atoms with van der Waals surface area (Å²) in [5.41, 5.74) is 1.80. The Morgan fingerprint density at radius 2 is 1.53 bits per heavy atom. The Morgan fingerprint density at radius 3 is 2.10 bits per heavy atom. The summed E-state index contributed by atoms with van der Waals surface area (Å²) in [6.45, 7) is 3.27. The first-order chi connectivity index (χ1) is 14.4. The number of hydrogen-bond acceptors (Lipinski definition) is 6. The fourth-order valence-electron chi connectivity index (χ4n) is 2.85. The summed E-state index contributed by atoms with van der Waals surface area (Å²) in [4.78, 5) is 35.8. The minimum Gasteiger partial charge on any atom is -0.497 e. The number of ether oxygens (including phenoxy) is 3. The molecule has 0 bridgehead atoms. The maximum absolute atomic E-state index is 12.4. The molecule has 0 aliphatic heterocycles. The molecule has 1 unspecified atom stereocenters. The number of hydrogen-bond donors (Lipinski definition) is 1. The monoisotopic (exact) mass is 413 g/mol. The highest BCUT2D eigenvalue weighted by Crippen LogP contribution is 2.15. The van der Waals surface area contributed by atoms with Crippen molar-refractivity contribution < 1.29 is 28.6 Å². The molecule has 0 fully saturated rings. The van der Waals surface area contributed by atoms with E-state index in [0.717, 1.165) is 16.9 Å². The number of amides is 1. The summed E-state index contributed by atoms with van der Waals surface area (Å²) in [6.07, 6.45) is 1.06. The molecular weight excluding hydrogens is 386 g/mol. The predicted molar refractivity (Wildman–Crippen MR) is 111 cm³/mol. The second-order valence-corrected chi connectivity index (χ2v) is 6.66. The van der Waals surface area contributed by atoms with Crippen LogP contribution in [-0.2, 0) is 32.0 Å². The molecule has 1 N–H and O–H groups in total. The van der Waals surface area contributed by atoms with Crippen LogP contribution in [0.5, 0.6) is 11.5 Å². The van der Waals surface area contributed by atoms with Crippen LogP contribution in [0.2, 0.25) is 0 Å². The number of carbonyl (C=O) groups excluding carboxylic acids is 3. The zero-order valence-electron chi connectivity index (χ0n) is 17.5. The maximum atomic E-state index is 12.4. The molecule has 0 saturated heterocycles. The predicted octanol–water partition coefficient (Wildman–Crippen LogP) is 2.84. The van der Waals surface area contributed by atoms with Gasteiger partial charge in [0.05, 0.1) is 13.7 Å². The molecule has 7 heteroatoms. The Kier molecular flexibility index (Phi) is 8.87. The van der Waals surface area contributed by atoms with Crippen molar-refractivity contribution in [1.82, 2.24) is 5.32 Å². The van der Waals surface area contributed by atoms with Gasteiger partial charge in [0.1, 0.15) is 17.5 Å². The van der Waals surface area contributed by atoms with E-state index < -0.39 is 18.0 Å². The van der Waals surface area contributed by atoms with Crippen molar-refractivity contribution in [2.24, 2.45) is 0 Å². The van der Waals surface area contributed by atoms with Crippen LogP contribution < -0.4 is 14.8 Å². The number of esters is 2. The van der Waals surface area contributed by atoms with Gasteiger partial charge in [0.25, 0.3) is 0 Å². The second-order valence-electron chi connectivity index (χ2n) is 6.66. The molecule has 0 aliphatic carbocycles. The van der Waals surface area contributed by atoms with Crippen molar-refractivity contribution in [3.63, 3.8) is 0 Å². The van der Waals surface area contributed by atoms with E-state index in [2.05, 4.69) is 5.32 Å². The molecular formula is C23H27NO6. The molecule has 0 aromatic heterocycles. The molecule has 0 saturated carbocycles. The standard InChI is InChI=1S/C23H27NO6/c1-4-29-23(27)21(15-18-7-12-20(13-8-18)30-16(2)25)24-22(26)14-9-17-5-10-19(28-3)11-6-17/h5-8,10-13,21H,4,9,14-15H2,1-3H3,(H,24,26). The van der Waals surface area contributed by atoms with Gasteiger partial charge in [-0.15, -0.1) is 0 Å². The Bertz CT molecular complexity index is 845. The fourth-order valence-corrected chi connectivity index (χ4v) is 2.85. The van der Waals surface area contributed by atoms with E-state index in [0.29, 0.717) is 12.2 Å². The van der Waals surface area contributed by atoms with Crippen molar-refractivity contribution >= 4 is 17.8 Å². The van der Waals surface area contributed by atoms with E-state index in [1.165, 1.54) is 6.92 Å². The molecule has 30 heavy (non-hydrogen) atoms. The quantitative estimate of drug-likeness (QED) is 0.476. The molecule has 160 valence electrons. The molecule has 2 aromatic carbocycles. The van der Waals surface area contributed by atoms with Gasteiger partial charge in [-0.3, -0.25) is 9.59 Å². The number of nitrogens with one attached hydrogen (secondary N) is 1. The number of rotatable bonds is 10.